The Labute approximate surface area is 111 Å². The highest BCUT2D eigenvalue weighted by atomic mass is 16.7. The summed E-state index contributed by atoms with van der Waals surface area (Å²) in [6, 6.07) is 14.4. The lowest BCUT2D eigenvalue weighted by Crippen LogP contribution is -2.19. The summed E-state index contributed by atoms with van der Waals surface area (Å²) in [5.41, 5.74) is 7.71. The second kappa shape index (κ2) is 4.91. The number of hydrogen-bond acceptors (Lipinski definition) is 4. The predicted octanol–water partition coefficient (Wildman–Crippen LogP) is 2.15. The van der Waals surface area contributed by atoms with E-state index in [2.05, 4.69) is 0 Å². The Morgan fingerprint density at radius 3 is 2.47 bits per heavy atom. The number of aliphatic hydroxyl groups excluding tert-OH is 1. The van der Waals surface area contributed by atoms with E-state index in [0.717, 1.165) is 11.1 Å². The second-order valence-corrected chi connectivity index (χ2v) is 4.49. The minimum atomic E-state index is -0.781. The van der Waals surface area contributed by atoms with Crippen molar-refractivity contribution in [1.82, 2.24) is 0 Å². The topological polar surface area (TPSA) is 64.7 Å². The molecule has 0 aromatic heterocycles. The smallest absolute Gasteiger partial charge is 0.231 e. The van der Waals surface area contributed by atoms with E-state index < -0.39 is 12.1 Å². The summed E-state index contributed by atoms with van der Waals surface area (Å²) in [4.78, 5) is 0. The molecule has 2 aromatic carbocycles. The van der Waals surface area contributed by atoms with E-state index in [0.29, 0.717) is 11.5 Å². The van der Waals surface area contributed by atoms with E-state index in [9.17, 15) is 5.11 Å². The number of hydrogen-bond donors (Lipinski definition) is 2. The molecule has 1 aliphatic heterocycles. The van der Waals surface area contributed by atoms with Crippen LogP contribution in [0.5, 0.6) is 11.5 Å². The first-order valence-corrected chi connectivity index (χ1v) is 6.14. The zero-order valence-electron chi connectivity index (χ0n) is 10.3. The Hall–Kier alpha value is -2.04. The van der Waals surface area contributed by atoms with Gasteiger partial charge in [0.25, 0.3) is 0 Å². The molecule has 98 valence electrons. The van der Waals surface area contributed by atoms with E-state index in [1.165, 1.54) is 0 Å². The molecule has 4 nitrogen and oxygen atoms in total. The lowest BCUT2D eigenvalue weighted by molar-refractivity contribution is 0.146. The zero-order chi connectivity index (χ0) is 13.2. The largest absolute Gasteiger partial charge is 0.454 e. The van der Waals surface area contributed by atoms with Gasteiger partial charge in [-0.25, -0.2) is 0 Å². The average molecular weight is 257 g/mol. The van der Waals surface area contributed by atoms with Crippen LogP contribution in [0.2, 0.25) is 0 Å². The Morgan fingerprint density at radius 1 is 0.947 bits per heavy atom. The van der Waals surface area contributed by atoms with Gasteiger partial charge in [-0.15, -0.1) is 0 Å². The molecule has 0 fully saturated rings. The molecule has 19 heavy (non-hydrogen) atoms. The molecule has 0 aliphatic carbocycles. The van der Waals surface area contributed by atoms with E-state index >= 15 is 0 Å². The quantitative estimate of drug-likeness (QED) is 0.884. The zero-order valence-corrected chi connectivity index (χ0v) is 10.3. The van der Waals surface area contributed by atoms with Gasteiger partial charge in [0.15, 0.2) is 11.5 Å². The molecule has 0 radical (unpaired) electrons. The lowest BCUT2D eigenvalue weighted by atomic mass is 9.96. The molecule has 0 amide bonds. The van der Waals surface area contributed by atoms with Gasteiger partial charge in [0, 0.05) is 0 Å². The molecule has 0 saturated heterocycles. The van der Waals surface area contributed by atoms with Crippen molar-refractivity contribution in [2.45, 2.75) is 12.1 Å². The molecule has 1 aliphatic rings. The third-order valence-corrected chi connectivity index (χ3v) is 3.26. The van der Waals surface area contributed by atoms with Gasteiger partial charge < -0.3 is 20.3 Å². The van der Waals surface area contributed by atoms with E-state index in [4.69, 9.17) is 15.2 Å². The van der Waals surface area contributed by atoms with Crippen molar-refractivity contribution >= 4 is 0 Å². The molecule has 0 bridgehead atoms. The maximum atomic E-state index is 10.4. The summed E-state index contributed by atoms with van der Waals surface area (Å²) in [7, 11) is 0. The Kier molecular flexibility index (Phi) is 3.11. The van der Waals surface area contributed by atoms with Crippen LogP contribution >= 0.6 is 0 Å². The molecular weight excluding hydrogens is 242 g/mol. The Morgan fingerprint density at radius 2 is 1.68 bits per heavy atom. The van der Waals surface area contributed by atoms with Crippen LogP contribution in [0.3, 0.4) is 0 Å². The van der Waals surface area contributed by atoms with E-state index in [1.807, 2.05) is 30.3 Å². The van der Waals surface area contributed by atoms with Crippen molar-refractivity contribution in [3.8, 4) is 11.5 Å². The number of ether oxygens (including phenoxy) is 2. The molecule has 0 spiro atoms. The van der Waals surface area contributed by atoms with Crippen molar-refractivity contribution in [2.75, 3.05) is 6.79 Å². The number of rotatable bonds is 3. The summed E-state index contributed by atoms with van der Waals surface area (Å²) in [5, 5.41) is 10.4. The SMILES string of the molecule is NC(c1ccccc1)C(O)c1ccc2c(c1)OCO2. The maximum Gasteiger partial charge on any atom is 0.231 e. The molecule has 1 heterocycles. The number of aliphatic hydroxyl groups is 1. The van der Waals surface area contributed by atoms with Gasteiger partial charge in [-0.1, -0.05) is 36.4 Å². The summed E-state index contributed by atoms with van der Waals surface area (Å²) in [6.07, 6.45) is -0.781. The monoisotopic (exact) mass is 257 g/mol. The summed E-state index contributed by atoms with van der Waals surface area (Å²) >= 11 is 0. The third kappa shape index (κ3) is 2.28. The van der Waals surface area contributed by atoms with Gasteiger partial charge in [-0.3, -0.25) is 0 Å². The molecule has 3 rings (SSSR count). The van der Waals surface area contributed by atoms with Crippen molar-refractivity contribution in [1.29, 1.82) is 0 Å². The van der Waals surface area contributed by atoms with Crippen LogP contribution in [0.4, 0.5) is 0 Å². The molecule has 2 unspecified atom stereocenters. The highest BCUT2D eigenvalue weighted by molar-refractivity contribution is 5.45. The predicted molar refractivity (Wildman–Crippen MR) is 70.9 cm³/mol. The highest BCUT2D eigenvalue weighted by Gasteiger charge is 2.21. The fourth-order valence-corrected chi connectivity index (χ4v) is 2.16. The standard InChI is InChI=1S/C15H15NO3/c16-14(10-4-2-1-3-5-10)15(17)11-6-7-12-13(8-11)19-9-18-12/h1-8,14-15,17H,9,16H2. The van der Waals surface area contributed by atoms with Crippen LogP contribution in [-0.2, 0) is 0 Å². The summed E-state index contributed by atoms with van der Waals surface area (Å²) < 4.78 is 10.5. The lowest BCUT2D eigenvalue weighted by Gasteiger charge is -2.19. The van der Waals surface area contributed by atoms with Gasteiger partial charge in [-0.2, -0.15) is 0 Å². The molecule has 2 aromatic rings. The summed E-state index contributed by atoms with van der Waals surface area (Å²) in [6.45, 7) is 0.222. The van der Waals surface area contributed by atoms with Crippen LogP contribution in [0.25, 0.3) is 0 Å². The minimum Gasteiger partial charge on any atom is -0.454 e. The molecule has 2 atom stereocenters. The number of nitrogens with two attached hydrogens (primary N) is 1. The minimum absolute atomic E-state index is 0.222. The van der Waals surface area contributed by atoms with Crippen molar-refractivity contribution in [3.63, 3.8) is 0 Å². The fourth-order valence-electron chi connectivity index (χ4n) is 2.16. The Balaban J connectivity index is 1.86. The number of benzene rings is 2. The van der Waals surface area contributed by atoms with Crippen LogP contribution in [0, 0.1) is 0 Å². The van der Waals surface area contributed by atoms with Crippen LogP contribution < -0.4 is 15.2 Å². The first kappa shape index (κ1) is 12.0. The average Bonchev–Trinajstić information content (AvgIpc) is 2.94. The van der Waals surface area contributed by atoms with E-state index in [1.54, 1.807) is 18.2 Å². The van der Waals surface area contributed by atoms with Gasteiger partial charge in [0.2, 0.25) is 6.79 Å². The van der Waals surface area contributed by atoms with Crippen molar-refractivity contribution in [2.24, 2.45) is 5.73 Å². The van der Waals surface area contributed by atoms with E-state index in [-0.39, 0.29) is 6.79 Å². The normalized spacial score (nSPS) is 16.1. The second-order valence-electron chi connectivity index (χ2n) is 4.49. The Bertz CT molecular complexity index is 571. The first-order valence-electron chi connectivity index (χ1n) is 6.14. The van der Waals surface area contributed by atoms with Crippen LogP contribution in [0.15, 0.2) is 48.5 Å². The molecule has 4 heteroatoms. The summed E-state index contributed by atoms with van der Waals surface area (Å²) in [5.74, 6) is 1.35. The van der Waals surface area contributed by atoms with Crippen molar-refractivity contribution in [3.05, 3.63) is 59.7 Å². The van der Waals surface area contributed by atoms with Gasteiger partial charge in [0.05, 0.1) is 12.1 Å². The fraction of sp³-hybridized carbons (Fsp3) is 0.200. The highest BCUT2D eigenvalue weighted by Crippen LogP contribution is 2.36. The van der Waals surface area contributed by atoms with Crippen LogP contribution in [0.1, 0.15) is 23.3 Å². The van der Waals surface area contributed by atoms with Gasteiger partial charge in [-0.05, 0) is 23.3 Å². The first-order chi connectivity index (χ1) is 9.25. The molecule has 0 saturated carbocycles. The van der Waals surface area contributed by atoms with Crippen LogP contribution in [-0.4, -0.2) is 11.9 Å². The third-order valence-electron chi connectivity index (χ3n) is 3.26. The van der Waals surface area contributed by atoms with Gasteiger partial charge in [0.1, 0.15) is 0 Å². The van der Waals surface area contributed by atoms with Gasteiger partial charge >= 0.3 is 0 Å². The maximum absolute atomic E-state index is 10.4. The van der Waals surface area contributed by atoms with Crippen molar-refractivity contribution < 1.29 is 14.6 Å². The molecule has 3 N–H and O–H groups in total. The number of fused-ring (bicyclic) bond motifs is 1. The molecular formula is C15H15NO3.